The summed E-state index contributed by atoms with van der Waals surface area (Å²) in [5.74, 6) is 0. The molecule has 0 N–H and O–H groups in total. The Morgan fingerprint density at radius 3 is 2.93 bits per heavy atom. The van der Waals surface area contributed by atoms with E-state index < -0.39 is 0 Å². The Morgan fingerprint density at radius 2 is 2.36 bits per heavy atom. The molecule has 1 rings (SSSR count). The van der Waals surface area contributed by atoms with Crippen molar-refractivity contribution in [1.29, 1.82) is 0 Å². The molecule has 0 aliphatic carbocycles. The van der Waals surface area contributed by atoms with Crippen LogP contribution in [0.15, 0.2) is 23.3 Å². The number of nitrogens with zero attached hydrogens (tertiary/aromatic N) is 2. The SMILES string of the molecule is C=C(CC)Cn1cnc(C)c(I)c1=O. The molecular weight excluding hydrogens is 291 g/mol. The highest BCUT2D eigenvalue weighted by Crippen LogP contribution is 2.03. The number of hydrogen-bond acceptors (Lipinski definition) is 2. The molecule has 0 atom stereocenters. The maximum atomic E-state index is 11.7. The lowest BCUT2D eigenvalue weighted by Gasteiger charge is -2.07. The van der Waals surface area contributed by atoms with Crippen LogP contribution in [0, 0.1) is 10.5 Å². The first-order chi connectivity index (χ1) is 6.56. The molecule has 4 heteroatoms. The van der Waals surface area contributed by atoms with Crippen LogP contribution in [0.5, 0.6) is 0 Å². The van der Waals surface area contributed by atoms with Crippen molar-refractivity contribution >= 4 is 22.6 Å². The average molecular weight is 304 g/mol. The molecule has 1 heterocycles. The number of allylic oxidation sites excluding steroid dienone is 1. The minimum absolute atomic E-state index is 0.0210. The van der Waals surface area contributed by atoms with E-state index in [1.165, 1.54) is 0 Å². The summed E-state index contributed by atoms with van der Waals surface area (Å²) in [5, 5.41) is 0. The minimum Gasteiger partial charge on any atom is -0.294 e. The van der Waals surface area contributed by atoms with Gasteiger partial charge in [-0.25, -0.2) is 4.98 Å². The van der Waals surface area contributed by atoms with Gasteiger partial charge in [0, 0.05) is 6.54 Å². The zero-order valence-corrected chi connectivity index (χ0v) is 10.5. The van der Waals surface area contributed by atoms with E-state index in [0.29, 0.717) is 10.1 Å². The fourth-order valence-corrected chi connectivity index (χ4v) is 1.46. The highest BCUT2D eigenvalue weighted by Gasteiger charge is 2.05. The van der Waals surface area contributed by atoms with Crippen molar-refractivity contribution in [2.45, 2.75) is 26.8 Å². The van der Waals surface area contributed by atoms with Gasteiger partial charge in [-0.15, -0.1) is 0 Å². The zero-order valence-electron chi connectivity index (χ0n) is 8.38. The van der Waals surface area contributed by atoms with Crippen LogP contribution < -0.4 is 5.56 Å². The number of rotatable bonds is 3. The van der Waals surface area contributed by atoms with Crippen molar-refractivity contribution in [3.05, 3.63) is 38.1 Å². The fraction of sp³-hybridized carbons (Fsp3) is 0.400. The maximum absolute atomic E-state index is 11.7. The first kappa shape index (κ1) is 11.4. The molecule has 0 radical (unpaired) electrons. The Labute approximate surface area is 97.0 Å². The third kappa shape index (κ3) is 2.43. The van der Waals surface area contributed by atoms with E-state index in [2.05, 4.69) is 11.6 Å². The summed E-state index contributed by atoms with van der Waals surface area (Å²) in [7, 11) is 0. The van der Waals surface area contributed by atoms with E-state index in [1.54, 1.807) is 10.9 Å². The van der Waals surface area contributed by atoms with E-state index in [-0.39, 0.29) is 5.56 Å². The molecule has 0 unspecified atom stereocenters. The molecule has 0 aliphatic rings. The first-order valence-corrected chi connectivity index (χ1v) is 5.52. The summed E-state index contributed by atoms with van der Waals surface area (Å²) < 4.78 is 2.29. The van der Waals surface area contributed by atoms with E-state index in [4.69, 9.17) is 0 Å². The van der Waals surface area contributed by atoms with Crippen LogP contribution in [0.1, 0.15) is 19.0 Å². The molecule has 0 spiro atoms. The smallest absolute Gasteiger partial charge is 0.267 e. The molecule has 76 valence electrons. The van der Waals surface area contributed by atoms with Gasteiger partial charge in [0.1, 0.15) is 0 Å². The number of aryl methyl sites for hydroxylation is 1. The summed E-state index contributed by atoms with van der Waals surface area (Å²) >= 11 is 2.03. The molecule has 0 saturated carbocycles. The van der Waals surface area contributed by atoms with Crippen molar-refractivity contribution in [3.8, 4) is 0 Å². The Bertz CT molecular complexity index is 409. The molecule has 0 saturated heterocycles. The Balaban J connectivity index is 3.06. The molecule has 0 aliphatic heterocycles. The lowest BCUT2D eigenvalue weighted by molar-refractivity contribution is 0.699. The topological polar surface area (TPSA) is 34.9 Å². The Kier molecular flexibility index (Phi) is 3.86. The first-order valence-electron chi connectivity index (χ1n) is 4.44. The van der Waals surface area contributed by atoms with Crippen LogP contribution in [-0.4, -0.2) is 9.55 Å². The maximum Gasteiger partial charge on any atom is 0.267 e. The number of aromatic nitrogens is 2. The van der Waals surface area contributed by atoms with Gasteiger partial charge < -0.3 is 0 Å². The van der Waals surface area contributed by atoms with E-state index >= 15 is 0 Å². The molecule has 1 aromatic rings. The largest absolute Gasteiger partial charge is 0.294 e. The van der Waals surface area contributed by atoms with Crippen molar-refractivity contribution in [2.24, 2.45) is 0 Å². The molecule has 0 fully saturated rings. The second-order valence-corrected chi connectivity index (χ2v) is 4.26. The van der Waals surface area contributed by atoms with Gasteiger partial charge in [0.05, 0.1) is 15.6 Å². The van der Waals surface area contributed by atoms with Crippen molar-refractivity contribution in [1.82, 2.24) is 9.55 Å². The summed E-state index contributed by atoms with van der Waals surface area (Å²) in [5.41, 5.74) is 1.84. The van der Waals surface area contributed by atoms with Crippen molar-refractivity contribution in [3.63, 3.8) is 0 Å². The Morgan fingerprint density at radius 1 is 1.71 bits per heavy atom. The molecule has 0 bridgehead atoms. The quantitative estimate of drug-likeness (QED) is 0.633. The average Bonchev–Trinajstić information content (AvgIpc) is 2.19. The molecule has 0 aromatic carbocycles. The standard InChI is InChI=1S/C10H13IN2O/c1-4-7(2)5-13-6-12-8(3)9(11)10(13)14/h6H,2,4-5H2,1,3H3. The minimum atomic E-state index is 0.0210. The Hall–Kier alpha value is -0.650. The lowest BCUT2D eigenvalue weighted by atomic mass is 10.2. The lowest BCUT2D eigenvalue weighted by Crippen LogP contribution is -2.24. The van der Waals surface area contributed by atoms with E-state index in [1.807, 2.05) is 36.4 Å². The number of halogens is 1. The van der Waals surface area contributed by atoms with Gasteiger partial charge >= 0.3 is 0 Å². The number of hydrogen-bond donors (Lipinski definition) is 0. The van der Waals surface area contributed by atoms with Gasteiger partial charge in [0.2, 0.25) is 0 Å². The second-order valence-electron chi connectivity index (χ2n) is 3.18. The predicted molar refractivity (Wildman–Crippen MR) is 65.4 cm³/mol. The monoisotopic (exact) mass is 304 g/mol. The van der Waals surface area contributed by atoms with Gasteiger partial charge in [0.25, 0.3) is 5.56 Å². The van der Waals surface area contributed by atoms with Crippen LogP contribution >= 0.6 is 22.6 Å². The van der Waals surface area contributed by atoms with Gasteiger partial charge in [0.15, 0.2) is 0 Å². The van der Waals surface area contributed by atoms with E-state index in [0.717, 1.165) is 17.7 Å². The highest BCUT2D eigenvalue weighted by molar-refractivity contribution is 14.1. The summed E-state index contributed by atoms with van der Waals surface area (Å²) in [4.78, 5) is 15.9. The predicted octanol–water partition coefficient (Wildman–Crippen LogP) is 2.12. The normalized spacial score (nSPS) is 10.2. The van der Waals surface area contributed by atoms with Gasteiger partial charge in [-0.3, -0.25) is 9.36 Å². The van der Waals surface area contributed by atoms with Crippen LogP contribution in [0.2, 0.25) is 0 Å². The van der Waals surface area contributed by atoms with Crippen molar-refractivity contribution in [2.75, 3.05) is 0 Å². The second kappa shape index (κ2) is 4.72. The molecule has 14 heavy (non-hydrogen) atoms. The molecule has 0 amide bonds. The molecule has 3 nitrogen and oxygen atoms in total. The molecular formula is C10H13IN2O. The summed E-state index contributed by atoms with van der Waals surface area (Å²) in [6.45, 7) is 8.30. The summed E-state index contributed by atoms with van der Waals surface area (Å²) in [6, 6.07) is 0. The van der Waals surface area contributed by atoms with Gasteiger partial charge in [-0.2, -0.15) is 0 Å². The van der Waals surface area contributed by atoms with Gasteiger partial charge in [-0.1, -0.05) is 19.1 Å². The third-order valence-electron chi connectivity index (χ3n) is 2.05. The van der Waals surface area contributed by atoms with Crippen LogP contribution in [0.3, 0.4) is 0 Å². The molecule has 1 aromatic heterocycles. The van der Waals surface area contributed by atoms with Gasteiger partial charge in [-0.05, 0) is 35.9 Å². The fourth-order valence-electron chi connectivity index (χ4n) is 1.01. The van der Waals surface area contributed by atoms with Crippen molar-refractivity contribution < 1.29 is 0 Å². The van der Waals surface area contributed by atoms with Crippen LogP contribution in [-0.2, 0) is 6.54 Å². The van der Waals surface area contributed by atoms with Crippen LogP contribution in [0.4, 0.5) is 0 Å². The van der Waals surface area contributed by atoms with Crippen LogP contribution in [0.25, 0.3) is 0 Å². The summed E-state index contributed by atoms with van der Waals surface area (Å²) in [6.07, 6.45) is 2.47. The third-order valence-corrected chi connectivity index (χ3v) is 3.29. The highest BCUT2D eigenvalue weighted by atomic mass is 127. The zero-order chi connectivity index (χ0) is 10.7. The van der Waals surface area contributed by atoms with E-state index in [9.17, 15) is 4.79 Å².